The number of anilines is 1. The van der Waals surface area contributed by atoms with Gasteiger partial charge in [-0.1, -0.05) is 60.7 Å². The van der Waals surface area contributed by atoms with Gasteiger partial charge in [0.05, 0.1) is 23.0 Å². The Balaban J connectivity index is 1.22. The van der Waals surface area contributed by atoms with Gasteiger partial charge >= 0.3 is 6.18 Å². The number of alkyl halides is 3. The molecule has 5 aromatic rings. The van der Waals surface area contributed by atoms with Crippen molar-refractivity contribution >= 4 is 22.6 Å². The van der Waals surface area contributed by atoms with Crippen LogP contribution < -0.4 is 9.64 Å². The van der Waals surface area contributed by atoms with E-state index in [0.717, 1.165) is 40.0 Å². The number of ether oxygens (including phenoxy) is 1. The number of carbonyl (C=O) groups excluding carboxylic acids is 1. The highest BCUT2D eigenvalue weighted by atomic mass is 19.4. The van der Waals surface area contributed by atoms with Crippen LogP contribution in [0.2, 0.25) is 0 Å². The molecule has 1 aliphatic rings. The molecule has 1 aromatic heterocycles. The van der Waals surface area contributed by atoms with E-state index in [1.165, 1.54) is 12.1 Å². The van der Waals surface area contributed by atoms with Crippen LogP contribution in [0.15, 0.2) is 103 Å². The van der Waals surface area contributed by atoms with Gasteiger partial charge in [0.25, 0.3) is 0 Å². The molecular weight excluding hydrogens is 553 g/mol. The van der Waals surface area contributed by atoms with Crippen molar-refractivity contribution in [3.05, 3.63) is 126 Å². The number of hydrogen-bond acceptors (Lipinski definition) is 4. The van der Waals surface area contributed by atoms with Crippen LogP contribution in [0.25, 0.3) is 11.0 Å². The third kappa shape index (κ3) is 6.66. The zero-order valence-corrected chi connectivity index (χ0v) is 23.5. The highest BCUT2D eigenvalue weighted by Crippen LogP contribution is 2.30. The van der Waals surface area contributed by atoms with E-state index in [-0.39, 0.29) is 12.5 Å². The average molecular weight is 585 g/mol. The average Bonchev–Trinajstić information content (AvgIpc) is 3.37. The lowest BCUT2D eigenvalue weighted by Crippen LogP contribution is -2.49. The summed E-state index contributed by atoms with van der Waals surface area (Å²) >= 11 is 0. The standard InChI is InChI=1S/C34H31F3N4O2/c35-34(36,37)27-13-11-26(12-14-27)23-41-31-22-28(15-16-30(31)38-32(41)24-43-29-9-5-2-6-10-29)39-17-19-40(20-18-39)33(42)21-25-7-3-1-4-8-25/h1-16,22H,17-21,23-24H2. The molecule has 0 aliphatic carbocycles. The smallest absolute Gasteiger partial charge is 0.416 e. The summed E-state index contributed by atoms with van der Waals surface area (Å²) in [6.45, 7) is 3.20. The van der Waals surface area contributed by atoms with E-state index < -0.39 is 11.7 Å². The number of rotatable bonds is 8. The number of para-hydroxylation sites is 1. The largest absolute Gasteiger partial charge is 0.486 e. The van der Waals surface area contributed by atoms with Crippen LogP contribution in [0.1, 0.15) is 22.5 Å². The zero-order valence-electron chi connectivity index (χ0n) is 23.5. The van der Waals surface area contributed by atoms with Crippen LogP contribution in [-0.2, 0) is 30.5 Å². The van der Waals surface area contributed by atoms with Gasteiger partial charge < -0.3 is 19.1 Å². The molecule has 0 spiro atoms. The van der Waals surface area contributed by atoms with Crippen molar-refractivity contribution < 1.29 is 22.7 Å². The molecule has 1 fully saturated rings. The van der Waals surface area contributed by atoms with E-state index in [2.05, 4.69) is 11.0 Å². The molecule has 6 nitrogen and oxygen atoms in total. The molecule has 0 bridgehead atoms. The first-order valence-corrected chi connectivity index (χ1v) is 14.2. The molecule has 220 valence electrons. The van der Waals surface area contributed by atoms with Crippen LogP contribution in [0.5, 0.6) is 5.75 Å². The number of hydrogen-bond donors (Lipinski definition) is 0. The summed E-state index contributed by atoms with van der Waals surface area (Å²) in [5.74, 6) is 1.50. The molecule has 0 unspecified atom stereocenters. The van der Waals surface area contributed by atoms with Gasteiger partial charge in [-0.2, -0.15) is 13.2 Å². The number of fused-ring (bicyclic) bond motifs is 1. The zero-order chi connectivity index (χ0) is 29.8. The van der Waals surface area contributed by atoms with Gasteiger partial charge in [-0.15, -0.1) is 0 Å². The number of amides is 1. The molecule has 0 saturated carbocycles. The molecular formula is C34H31F3N4O2. The van der Waals surface area contributed by atoms with Gasteiger partial charge in [0.1, 0.15) is 18.2 Å². The first kappa shape index (κ1) is 28.3. The van der Waals surface area contributed by atoms with Crippen molar-refractivity contribution in [1.29, 1.82) is 0 Å². The predicted octanol–water partition coefficient (Wildman–Crippen LogP) is 6.57. The molecule has 4 aromatic carbocycles. The molecule has 9 heteroatoms. The van der Waals surface area contributed by atoms with Gasteiger partial charge in [-0.3, -0.25) is 4.79 Å². The number of benzene rings is 4. The quantitative estimate of drug-likeness (QED) is 0.207. The van der Waals surface area contributed by atoms with Crippen molar-refractivity contribution in [2.45, 2.75) is 25.7 Å². The molecule has 0 atom stereocenters. The number of imidazole rings is 1. The SMILES string of the molecule is O=C(Cc1ccccc1)N1CCN(c2ccc3nc(COc4ccccc4)n(Cc4ccc(C(F)(F)F)cc4)c3c2)CC1. The van der Waals surface area contributed by atoms with Crippen LogP contribution in [0.3, 0.4) is 0 Å². The van der Waals surface area contributed by atoms with Crippen LogP contribution in [0.4, 0.5) is 18.9 Å². The van der Waals surface area contributed by atoms with Crippen molar-refractivity contribution in [2.24, 2.45) is 0 Å². The Kier molecular flexibility index (Phi) is 8.05. The normalized spacial score (nSPS) is 13.8. The van der Waals surface area contributed by atoms with Gasteiger partial charge in [-0.05, 0) is 53.6 Å². The van der Waals surface area contributed by atoms with E-state index in [9.17, 15) is 18.0 Å². The minimum Gasteiger partial charge on any atom is -0.486 e. The number of nitrogens with zero attached hydrogens (tertiary/aromatic N) is 4. The molecule has 1 aliphatic heterocycles. The van der Waals surface area contributed by atoms with Crippen LogP contribution >= 0.6 is 0 Å². The van der Waals surface area contributed by atoms with Gasteiger partial charge in [-0.25, -0.2) is 4.98 Å². The highest BCUT2D eigenvalue weighted by molar-refractivity contribution is 5.81. The van der Waals surface area contributed by atoms with Gasteiger partial charge in [0.2, 0.25) is 5.91 Å². The lowest BCUT2D eigenvalue weighted by Gasteiger charge is -2.36. The minimum atomic E-state index is -4.39. The van der Waals surface area contributed by atoms with Crippen LogP contribution in [-0.4, -0.2) is 46.5 Å². The number of piperazine rings is 1. The molecule has 6 rings (SSSR count). The third-order valence-electron chi connectivity index (χ3n) is 7.74. The fourth-order valence-electron chi connectivity index (χ4n) is 5.39. The number of carbonyl (C=O) groups is 1. The Labute approximate surface area is 247 Å². The van der Waals surface area contributed by atoms with E-state index in [0.29, 0.717) is 50.7 Å². The molecule has 1 saturated heterocycles. The summed E-state index contributed by atoms with van der Waals surface area (Å²) in [7, 11) is 0. The first-order valence-electron chi connectivity index (χ1n) is 14.2. The second kappa shape index (κ2) is 12.2. The number of halogens is 3. The highest BCUT2D eigenvalue weighted by Gasteiger charge is 2.30. The lowest BCUT2D eigenvalue weighted by molar-refractivity contribution is -0.137. The summed E-state index contributed by atoms with van der Waals surface area (Å²) in [5.41, 5.74) is 3.71. The Morgan fingerprint density at radius 1 is 0.791 bits per heavy atom. The van der Waals surface area contributed by atoms with Gasteiger partial charge in [0.15, 0.2) is 0 Å². The second-order valence-electron chi connectivity index (χ2n) is 10.6. The fraction of sp³-hybridized carbons (Fsp3) is 0.235. The Bertz CT molecular complexity index is 1680. The Hall–Kier alpha value is -4.79. The monoisotopic (exact) mass is 584 g/mol. The fourth-order valence-corrected chi connectivity index (χ4v) is 5.39. The lowest BCUT2D eigenvalue weighted by atomic mass is 10.1. The van der Waals surface area contributed by atoms with Crippen LogP contribution in [0, 0.1) is 0 Å². The molecule has 43 heavy (non-hydrogen) atoms. The Morgan fingerprint density at radius 2 is 1.47 bits per heavy atom. The summed E-state index contributed by atoms with van der Waals surface area (Å²) < 4.78 is 47.5. The van der Waals surface area contributed by atoms with E-state index in [4.69, 9.17) is 9.72 Å². The second-order valence-corrected chi connectivity index (χ2v) is 10.6. The maximum atomic E-state index is 13.2. The molecule has 2 heterocycles. The van der Waals surface area contributed by atoms with E-state index in [1.54, 1.807) is 0 Å². The molecule has 0 radical (unpaired) electrons. The summed E-state index contributed by atoms with van der Waals surface area (Å²) in [4.78, 5) is 21.9. The molecule has 0 N–H and O–H groups in total. The van der Waals surface area contributed by atoms with E-state index >= 15 is 0 Å². The van der Waals surface area contributed by atoms with Crippen molar-refractivity contribution in [3.63, 3.8) is 0 Å². The van der Waals surface area contributed by atoms with Crippen molar-refractivity contribution in [1.82, 2.24) is 14.5 Å². The first-order chi connectivity index (χ1) is 20.8. The minimum absolute atomic E-state index is 0.124. The maximum Gasteiger partial charge on any atom is 0.416 e. The Morgan fingerprint density at radius 3 is 2.14 bits per heavy atom. The third-order valence-corrected chi connectivity index (χ3v) is 7.74. The van der Waals surface area contributed by atoms with Crippen molar-refractivity contribution in [2.75, 3.05) is 31.1 Å². The molecule has 1 amide bonds. The van der Waals surface area contributed by atoms with Gasteiger partial charge in [0, 0.05) is 38.4 Å². The topological polar surface area (TPSA) is 50.6 Å². The van der Waals surface area contributed by atoms with E-state index in [1.807, 2.05) is 82.3 Å². The van der Waals surface area contributed by atoms with Crippen molar-refractivity contribution in [3.8, 4) is 5.75 Å². The summed E-state index contributed by atoms with van der Waals surface area (Å²) in [6, 6.07) is 30.5. The summed E-state index contributed by atoms with van der Waals surface area (Å²) in [6.07, 6.45) is -4.00. The maximum absolute atomic E-state index is 13.2. The summed E-state index contributed by atoms with van der Waals surface area (Å²) in [5, 5.41) is 0. The predicted molar refractivity (Wildman–Crippen MR) is 160 cm³/mol. The number of aromatic nitrogens is 2.